The summed E-state index contributed by atoms with van der Waals surface area (Å²) in [5.74, 6) is 1.89. The molecule has 0 amide bonds. The van der Waals surface area contributed by atoms with Gasteiger partial charge in [-0.15, -0.1) is 11.8 Å². The minimum atomic E-state index is -0.0400. The molecule has 4 heteroatoms. The summed E-state index contributed by atoms with van der Waals surface area (Å²) in [6.45, 7) is 0. The van der Waals surface area contributed by atoms with E-state index < -0.39 is 0 Å². The first-order valence-electron chi connectivity index (χ1n) is 9.29. The highest BCUT2D eigenvalue weighted by molar-refractivity contribution is 7.99. The Morgan fingerprint density at radius 3 is 2.04 bits per heavy atom. The molecule has 2 aromatic rings. The van der Waals surface area contributed by atoms with Crippen molar-refractivity contribution >= 4 is 36.0 Å². The highest BCUT2D eigenvalue weighted by Crippen LogP contribution is 2.34. The number of rotatable bonds is 9. The first-order valence-corrected chi connectivity index (χ1v) is 10.9. The zero-order chi connectivity index (χ0) is 18.4. The Morgan fingerprint density at radius 1 is 0.692 bits per heavy atom. The summed E-state index contributed by atoms with van der Waals surface area (Å²) in [7, 11) is 0. The molecule has 0 aromatic heterocycles. The molecule has 0 aliphatic heterocycles. The van der Waals surface area contributed by atoms with Crippen LogP contribution in [0.2, 0.25) is 0 Å². The van der Waals surface area contributed by atoms with Gasteiger partial charge >= 0.3 is 0 Å². The van der Waals surface area contributed by atoms with E-state index in [1.54, 1.807) is 30.0 Å². The predicted octanol–water partition coefficient (Wildman–Crippen LogP) is 5.82. The zero-order valence-corrected chi connectivity index (χ0v) is 16.6. The van der Waals surface area contributed by atoms with Gasteiger partial charge in [-0.3, -0.25) is 9.59 Å². The summed E-state index contributed by atoms with van der Waals surface area (Å²) in [5, 5.41) is 0. The lowest BCUT2D eigenvalue weighted by Crippen LogP contribution is -2.21. The van der Waals surface area contributed by atoms with Crippen LogP contribution in [0.25, 0.3) is 0 Å². The van der Waals surface area contributed by atoms with Crippen LogP contribution in [0.3, 0.4) is 0 Å². The average Bonchev–Trinajstić information content (AvgIpc) is 2.68. The molecular weight excluding hydrogens is 360 g/mol. The molecule has 3 rings (SSSR count). The lowest BCUT2D eigenvalue weighted by molar-refractivity contribution is 0.0977. The van der Waals surface area contributed by atoms with Gasteiger partial charge in [0.05, 0.1) is 0 Å². The second kappa shape index (κ2) is 9.43. The molecule has 0 atom stereocenters. The van der Waals surface area contributed by atoms with E-state index in [1.807, 2.05) is 24.3 Å². The van der Waals surface area contributed by atoms with Crippen molar-refractivity contribution in [1.82, 2.24) is 0 Å². The van der Waals surface area contributed by atoms with Crippen molar-refractivity contribution in [1.29, 1.82) is 0 Å². The number of ketones is 2. The molecule has 1 aliphatic rings. The molecule has 0 heterocycles. The van der Waals surface area contributed by atoms with Crippen LogP contribution in [0.1, 0.15) is 70.4 Å². The van der Waals surface area contributed by atoms with E-state index >= 15 is 0 Å². The molecule has 2 nitrogen and oxygen atoms in total. The van der Waals surface area contributed by atoms with E-state index in [9.17, 15) is 9.59 Å². The fourth-order valence-electron chi connectivity index (χ4n) is 3.34. The van der Waals surface area contributed by atoms with E-state index in [1.165, 1.54) is 32.1 Å². The predicted molar refractivity (Wildman–Crippen MR) is 112 cm³/mol. The van der Waals surface area contributed by atoms with E-state index in [0.717, 1.165) is 22.8 Å². The Bertz CT molecular complexity index is 798. The summed E-state index contributed by atoms with van der Waals surface area (Å²) >= 11 is 5.93. The Morgan fingerprint density at radius 2 is 1.31 bits per heavy atom. The van der Waals surface area contributed by atoms with E-state index in [2.05, 4.69) is 12.6 Å². The Balaban J connectivity index is 1.64. The molecule has 0 fully saturated rings. The highest BCUT2D eigenvalue weighted by atomic mass is 32.2. The Kier molecular flexibility index (Phi) is 6.98. The summed E-state index contributed by atoms with van der Waals surface area (Å²) in [4.78, 5) is 26.6. The molecule has 0 unspecified atom stereocenters. The van der Waals surface area contributed by atoms with Gasteiger partial charge in [-0.05, 0) is 30.4 Å². The Labute approximate surface area is 165 Å². The van der Waals surface area contributed by atoms with Gasteiger partial charge in [-0.25, -0.2) is 0 Å². The smallest absolute Gasteiger partial charge is 0.195 e. The van der Waals surface area contributed by atoms with Crippen molar-refractivity contribution < 1.29 is 9.59 Å². The summed E-state index contributed by atoms with van der Waals surface area (Å²) in [5.41, 5.74) is 2.19. The van der Waals surface area contributed by atoms with Crippen LogP contribution in [0.15, 0.2) is 47.4 Å². The minimum absolute atomic E-state index is 0.0231. The van der Waals surface area contributed by atoms with Gasteiger partial charge < -0.3 is 0 Å². The third-order valence-corrected chi connectivity index (χ3v) is 6.18. The number of hydrogen-bond donors (Lipinski definition) is 1. The van der Waals surface area contributed by atoms with Gasteiger partial charge in [-0.1, -0.05) is 62.1 Å². The van der Waals surface area contributed by atoms with Crippen molar-refractivity contribution in [3.05, 3.63) is 64.7 Å². The fourth-order valence-corrected chi connectivity index (χ4v) is 4.65. The van der Waals surface area contributed by atoms with Crippen LogP contribution in [0.5, 0.6) is 0 Å². The normalized spacial score (nSPS) is 12.8. The second-order valence-corrected chi connectivity index (χ2v) is 8.16. The Hall–Kier alpha value is -1.52. The minimum Gasteiger partial charge on any atom is -0.289 e. The molecule has 0 saturated heterocycles. The molecule has 0 radical (unpaired) electrons. The van der Waals surface area contributed by atoms with Crippen LogP contribution in [-0.4, -0.2) is 23.1 Å². The number of unbranched alkanes of at least 4 members (excludes halogenated alkanes) is 5. The summed E-state index contributed by atoms with van der Waals surface area (Å²) in [6.07, 6.45) is 7.34. The summed E-state index contributed by atoms with van der Waals surface area (Å²) in [6, 6.07) is 12.8. The molecular formula is C22H24O2S2. The lowest BCUT2D eigenvalue weighted by Gasteiger charge is -2.19. The monoisotopic (exact) mass is 384 g/mol. The standard InChI is InChI=1S/C22H24O2S2/c23-21-16-10-5-6-11-17(16)22(24)20-18(21)12-9-13-19(20)26-15-8-4-2-1-3-7-14-25/h5-6,9-13,25H,1-4,7-8,14-15H2. The number of benzene rings is 2. The van der Waals surface area contributed by atoms with Gasteiger partial charge in [0, 0.05) is 27.1 Å². The molecule has 0 N–H and O–H groups in total. The second-order valence-electron chi connectivity index (χ2n) is 6.58. The number of carbonyl (C=O) groups is 2. The summed E-state index contributed by atoms with van der Waals surface area (Å²) < 4.78 is 0. The van der Waals surface area contributed by atoms with Gasteiger partial charge in [0.2, 0.25) is 0 Å². The molecule has 0 spiro atoms. The fraction of sp³-hybridized carbons (Fsp3) is 0.364. The van der Waals surface area contributed by atoms with E-state index in [4.69, 9.17) is 0 Å². The van der Waals surface area contributed by atoms with Crippen molar-refractivity contribution in [2.24, 2.45) is 0 Å². The molecule has 0 bridgehead atoms. The van der Waals surface area contributed by atoms with Gasteiger partial charge in [0.1, 0.15) is 0 Å². The number of thioether (sulfide) groups is 1. The third kappa shape index (κ3) is 4.24. The van der Waals surface area contributed by atoms with Gasteiger partial charge in [-0.2, -0.15) is 12.6 Å². The van der Waals surface area contributed by atoms with Crippen LogP contribution in [-0.2, 0) is 0 Å². The van der Waals surface area contributed by atoms with Crippen LogP contribution in [0.4, 0.5) is 0 Å². The van der Waals surface area contributed by atoms with Crippen molar-refractivity contribution in [3.8, 4) is 0 Å². The topological polar surface area (TPSA) is 34.1 Å². The van der Waals surface area contributed by atoms with Crippen LogP contribution < -0.4 is 0 Å². The van der Waals surface area contributed by atoms with Crippen molar-refractivity contribution in [2.45, 2.75) is 43.4 Å². The van der Waals surface area contributed by atoms with Gasteiger partial charge in [0.25, 0.3) is 0 Å². The molecule has 136 valence electrons. The number of thiol groups is 1. The van der Waals surface area contributed by atoms with Crippen molar-refractivity contribution in [2.75, 3.05) is 11.5 Å². The van der Waals surface area contributed by atoms with E-state index in [-0.39, 0.29) is 11.6 Å². The molecule has 2 aromatic carbocycles. The average molecular weight is 385 g/mol. The van der Waals surface area contributed by atoms with E-state index in [0.29, 0.717) is 22.3 Å². The third-order valence-electron chi connectivity index (χ3n) is 4.72. The maximum absolute atomic E-state index is 12.9. The van der Waals surface area contributed by atoms with Crippen LogP contribution >= 0.6 is 24.4 Å². The molecule has 1 aliphatic carbocycles. The largest absolute Gasteiger partial charge is 0.289 e. The first-order chi connectivity index (χ1) is 12.7. The first kappa shape index (κ1) is 19.2. The van der Waals surface area contributed by atoms with Crippen molar-refractivity contribution in [3.63, 3.8) is 0 Å². The maximum Gasteiger partial charge on any atom is 0.195 e. The van der Waals surface area contributed by atoms with Crippen LogP contribution in [0, 0.1) is 0 Å². The SMILES string of the molecule is O=C1c2ccccc2C(=O)c2c(SCCCCCCCCS)cccc21. The van der Waals surface area contributed by atoms with Gasteiger partial charge in [0.15, 0.2) is 11.6 Å². The number of carbonyl (C=O) groups excluding carboxylic acids is 2. The molecule has 26 heavy (non-hydrogen) atoms. The lowest BCUT2D eigenvalue weighted by atomic mass is 9.84. The number of hydrogen-bond acceptors (Lipinski definition) is 4. The molecule has 0 saturated carbocycles. The quantitative estimate of drug-likeness (QED) is 0.286. The zero-order valence-electron chi connectivity index (χ0n) is 14.9. The highest BCUT2D eigenvalue weighted by Gasteiger charge is 2.31. The number of fused-ring (bicyclic) bond motifs is 2. The maximum atomic E-state index is 12.9.